The Morgan fingerprint density at radius 3 is 2.96 bits per heavy atom. The van der Waals surface area contributed by atoms with Crippen molar-refractivity contribution in [2.45, 2.75) is 40.2 Å². The highest BCUT2D eigenvalue weighted by molar-refractivity contribution is 6.04. The predicted molar refractivity (Wildman–Crippen MR) is 105 cm³/mol. The fraction of sp³-hybridized carbons (Fsp3) is 0.474. The third-order valence-corrected chi connectivity index (χ3v) is 4.42. The van der Waals surface area contributed by atoms with Gasteiger partial charge in [-0.25, -0.2) is 0 Å². The number of anilines is 1. The summed E-state index contributed by atoms with van der Waals surface area (Å²) in [6, 6.07) is 5.73. The Morgan fingerprint density at radius 2 is 2.19 bits per heavy atom. The molecule has 2 aromatic rings. The summed E-state index contributed by atoms with van der Waals surface area (Å²) in [6.07, 6.45) is 1.87. The molecule has 1 amide bonds. The average molecular weight is 379 g/mol. The second-order valence-electron chi connectivity index (χ2n) is 6.92. The Kier molecular flexibility index (Phi) is 7.06. The Morgan fingerprint density at radius 1 is 1.38 bits per heavy atom. The smallest absolute Gasteiger partial charge is 0.276 e. The number of hydrogen-bond acceptors (Lipinski definition) is 4. The van der Waals surface area contributed by atoms with Crippen LogP contribution in [0.1, 0.15) is 47.6 Å². The lowest BCUT2D eigenvalue weighted by molar-refractivity contribution is 0.102. The summed E-state index contributed by atoms with van der Waals surface area (Å²) in [5.41, 5.74) is 4.25. The first-order valence-corrected chi connectivity index (χ1v) is 8.86. The number of nitrogens with zero attached hydrogens (tertiary/aromatic N) is 1. The summed E-state index contributed by atoms with van der Waals surface area (Å²) in [6.45, 7) is 8.61. The number of amides is 1. The third-order valence-electron chi connectivity index (χ3n) is 4.42. The van der Waals surface area contributed by atoms with Crippen LogP contribution in [0.2, 0.25) is 0 Å². The second-order valence-corrected chi connectivity index (χ2v) is 6.92. The summed E-state index contributed by atoms with van der Waals surface area (Å²) in [7, 11) is 0. The number of carbonyl (C=O) groups excluding carboxylic acids is 1. The van der Waals surface area contributed by atoms with Gasteiger partial charge in [0.15, 0.2) is 5.69 Å². The number of fused-ring (bicyclic) bond motifs is 1. The van der Waals surface area contributed by atoms with E-state index in [0.29, 0.717) is 24.8 Å². The molecular weight excluding hydrogens is 352 g/mol. The molecule has 1 aromatic carbocycles. The van der Waals surface area contributed by atoms with E-state index in [1.807, 2.05) is 25.1 Å². The van der Waals surface area contributed by atoms with Crippen LogP contribution in [0.15, 0.2) is 18.2 Å². The highest BCUT2D eigenvalue weighted by Gasteiger charge is 2.21. The highest BCUT2D eigenvalue weighted by atomic mass is 35.5. The van der Waals surface area contributed by atoms with Crippen molar-refractivity contribution in [3.05, 3.63) is 40.7 Å². The Labute approximate surface area is 160 Å². The van der Waals surface area contributed by atoms with E-state index in [2.05, 4.69) is 34.7 Å². The number of ether oxygens (including phenoxy) is 1. The number of hydrogen-bond donors (Lipinski definition) is 3. The molecule has 2 heterocycles. The Bertz CT molecular complexity index is 758. The number of benzene rings is 1. The van der Waals surface area contributed by atoms with E-state index < -0.39 is 0 Å². The maximum Gasteiger partial charge on any atom is 0.276 e. The van der Waals surface area contributed by atoms with Gasteiger partial charge in [0.25, 0.3) is 5.91 Å². The van der Waals surface area contributed by atoms with E-state index in [4.69, 9.17) is 4.74 Å². The van der Waals surface area contributed by atoms with Crippen molar-refractivity contribution in [2.24, 2.45) is 5.92 Å². The first-order chi connectivity index (χ1) is 12.0. The van der Waals surface area contributed by atoms with Gasteiger partial charge in [-0.1, -0.05) is 19.9 Å². The van der Waals surface area contributed by atoms with Crippen LogP contribution in [-0.4, -0.2) is 29.3 Å². The molecule has 0 unspecified atom stereocenters. The molecule has 1 aliphatic rings. The van der Waals surface area contributed by atoms with Crippen LogP contribution in [0, 0.1) is 12.8 Å². The van der Waals surface area contributed by atoms with Crippen LogP contribution >= 0.6 is 12.4 Å². The molecular formula is C19H27ClN4O2. The van der Waals surface area contributed by atoms with Gasteiger partial charge in [-0.15, -0.1) is 12.4 Å². The number of aryl methyl sites for hydroxylation is 1. The number of aromatic amines is 1. The zero-order valence-electron chi connectivity index (χ0n) is 15.5. The van der Waals surface area contributed by atoms with Gasteiger partial charge >= 0.3 is 0 Å². The SMILES string of the molecule is Cc1ccc(NC(=O)c2n[nH]c3c2CNCC3)cc1OCCC(C)C.Cl. The van der Waals surface area contributed by atoms with Crippen molar-refractivity contribution in [3.8, 4) is 5.75 Å². The van der Waals surface area contributed by atoms with E-state index in [9.17, 15) is 4.79 Å². The van der Waals surface area contributed by atoms with Gasteiger partial charge in [-0.2, -0.15) is 5.10 Å². The minimum absolute atomic E-state index is 0. The summed E-state index contributed by atoms with van der Waals surface area (Å²) >= 11 is 0. The van der Waals surface area contributed by atoms with Crippen molar-refractivity contribution in [1.82, 2.24) is 15.5 Å². The predicted octanol–water partition coefficient (Wildman–Crippen LogP) is 3.46. The standard InChI is InChI=1S/C19H26N4O2.ClH/c1-12(2)7-9-25-17-10-14(5-4-13(17)3)21-19(24)18-15-11-20-8-6-16(15)22-23-18;/h4-5,10,12,20H,6-9,11H2,1-3H3,(H,21,24)(H,22,23);1H. The molecule has 0 bridgehead atoms. The molecule has 142 valence electrons. The summed E-state index contributed by atoms with van der Waals surface area (Å²) in [5, 5.41) is 13.4. The monoisotopic (exact) mass is 378 g/mol. The van der Waals surface area contributed by atoms with Gasteiger partial charge in [0, 0.05) is 42.5 Å². The molecule has 0 fully saturated rings. The highest BCUT2D eigenvalue weighted by Crippen LogP contribution is 2.24. The molecule has 0 saturated heterocycles. The molecule has 0 aliphatic carbocycles. The minimum atomic E-state index is -0.196. The Balaban J connectivity index is 0.00000243. The van der Waals surface area contributed by atoms with Crippen LogP contribution in [0.3, 0.4) is 0 Å². The number of rotatable bonds is 6. The quantitative estimate of drug-likeness (QED) is 0.719. The Hall–Kier alpha value is -2.05. The van der Waals surface area contributed by atoms with Crippen molar-refractivity contribution in [1.29, 1.82) is 0 Å². The second kappa shape index (κ2) is 9.05. The molecule has 0 saturated carbocycles. The maximum absolute atomic E-state index is 12.6. The van der Waals surface area contributed by atoms with Gasteiger partial charge in [0.1, 0.15) is 5.75 Å². The number of H-pyrrole nitrogens is 1. The summed E-state index contributed by atoms with van der Waals surface area (Å²) < 4.78 is 5.87. The maximum atomic E-state index is 12.6. The van der Waals surface area contributed by atoms with Crippen LogP contribution in [0.4, 0.5) is 5.69 Å². The van der Waals surface area contributed by atoms with E-state index in [1.54, 1.807) is 0 Å². The first-order valence-electron chi connectivity index (χ1n) is 8.86. The molecule has 7 heteroatoms. The fourth-order valence-electron chi connectivity index (χ4n) is 2.84. The van der Waals surface area contributed by atoms with Crippen molar-refractivity contribution in [2.75, 3.05) is 18.5 Å². The van der Waals surface area contributed by atoms with Crippen molar-refractivity contribution >= 4 is 24.0 Å². The largest absolute Gasteiger partial charge is 0.493 e. The molecule has 3 rings (SSSR count). The summed E-state index contributed by atoms with van der Waals surface area (Å²) in [5.74, 6) is 1.21. The molecule has 0 atom stereocenters. The van der Waals surface area contributed by atoms with E-state index in [0.717, 1.165) is 47.6 Å². The van der Waals surface area contributed by atoms with Crippen LogP contribution in [-0.2, 0) is 13.0 Å². The molecule has 0 radical (unpaired) electrons. The van der Waals surface area contributed by atoms with Gasteiger partial charge in [-0.05, 0) is 30.9 Å². The van der Waals surface area contributed by atoms with Gasteiger partial charge in [0.05, 0.1) is 6.61 Å². The van der Waals surface area contributed by atoms with Crippen LogP contribution in [0.25, 0.3) is 0 Å². The van der Waals surface area contributed by atoms with E-state index >= 15 is 0 Å². The zero-order chi connectivity index (χ0) is 17.8. The van der Waals surface area contributed by atoms with E-state index in [1.165, 1.54) is 0 Å². The summed E-state index contributed by atoms with van der Waals surface area (Å²) in [4.78, 5) is 12.6. The van der Waals surface area contributed by atoms with Crippen molar-refractivity contribution in [3.63, 3.8) is 0 Å². The third kappa shape index (κ3) is 4.77. The van der Waals surface area contributed by atoms with Gasteiger partial charge in [-0.3, -0.25) is 9.89 Å². The minimum Gasteiger partial charge on any atom is -0.493 e. The molecule has 26 heavy (non-hydrogen) atoms. The van der Waals surface area contributed by atoms with Crippen molar-refractivity contribution < 1.29 is 9.53 Å². The van der Waals surface area contributed by atoms with Crippen LogP contribution < -0.4 is 15.4 Å². The number of nitrogens with one attached hydrogen (secondary N) is 3. The van der Waals surface area contributed by atoms with Gasteiger partial charge in [0.2, 0.25) is 0 Å². The lowest BCUT2D eigenvalue weighted by Crippen LogP contribution is -2.25. The first kappa shape index (κ1) is 20.3. The number of halogens is 1. The topological polar surface area (TPSA) is 79.0 Å². The van der Waals surface area contributed by atoms with Gasteiger partial charge < -0.3 is 15.4 Å². The zero-order valence-corrected chi connectivity index (χ0v) is 16.3. The molecule has 3 N–H and O–H groups in total. The normalized spacial score (nSPS) is 13.1. The molecule has 1 aliphatic heterocycles. The van der Waals surface area contributed by atoms with E-state index in [-0.39, 0.29) is 18.3 Å². The molecule has 6 nitrogen and oxygen atoms in total. The number of carbonyl (C=O) groups is 1. The number of aromatic nitrogens is 2. The lowest BCUT2D eigenvalue weighted by Gasteiger charge is -2.14. The van der Waals surface area contributed by atoms with Crippen LogP contribution in [0.5, 0.6) is 5.75 Å². The molecule has 0 spiro atoms. The lowest BCUT2D eigenvalue weighted by atomic mass is 10.1. The average Bonchev–Trinajstić information content (AvgIpc) is 3.01. The fourth-order valence-corrected chi connectivity index (χ4v) is 2.84. The molecule has 1 aromatic heterocycles.